The highest BCUT2D eigenvalue weighted by Gasteiger charge is 2.35. The Bertz CT molecular complexity index is 1120. The number of aliphatic hydroxyl groups excluding tert-OH is 1. The van der Waals surface area contributed by atoms with E-state index in [-0.39, 0.29) is 24.8 Å². The Morgan fingerprint density at radius 3 is 2.55 bits per heavy atom. The Balaban J connectivity index is 1.31. The van der Waals surface area contributed by atoms with Crippen molar-refractivity contribution in [2.24, 2.45) is 16.6 Å². The van der Waals surface area contributed by atoms with Gasteiger partial charge in [0.2, 0.25) is 0 Å². The van der Waals surface area contributed by atoms with Gasteiger partial charge in [-0.15, -0.1) is 0 Å². The van der Waals surface area contributed by atoms with E-state index in [9.17, 15) is 9.90 Å². The number of aliphatic imine (C=N–C) groups is 1. The molecule has 204 valence electrons. The van der Waals surface area contributed by atoms with Crippen molar-refractivity contribution < 1.29 is 19.4 Å². The molecule has 8 heteroatoms. The third-order valence-electron chi connectivity index (χ3n) is 8.35. The average molecular weight is 521 g/mol. The number of likely N-dealkylation sites (N-methyl/N-ethyl adjacent to an activating group) is 1. The van der Waals surface area contributed by atoms with Crippen LogP contribution in [0.15, 0.2) is 53.5 Å². The molecule has 2 unspecified atom stereocenters. The lowest BCUT2D eigenvalue weighted by Crippen LogP contribution is -2.52. The lowest BCUT2D eigenvalue weighted by molar-refractivity contribution is 0.0119. The zero-order chi connectivity index (χ0) is 26.5. The predicted octanol–water partition coefficient (Wildman–Crippen LogP) is 5.56. The van der Waals surface area contributed by atoms with Crippen molar-refractivity contribution in [2.75, 3.05) is 13.7 Å². The molecule has 1 heterocycles. The third-order valence-corrected chi connectivity index (χ3v) is 8.35. The molecule has 2 aromatic carbocycles. The molecular formula is C30H40N4O4. The summed E-state index contributed by atoms with van der Waals surface area (Å²) in [6, 6.07) is 15.3. The molecular weight excluding hydrogens is 480 g/mol. The molecule has 3 N–H and O–H groups in total. The van der Waals surface area contributed by atoms with Crippen molar-refractivity contribution in [3.63, 3.8) is 0 Å². The van der Waals surface area contributed by atoms with Gasteiger partial charge in [0.25, 0.3) is 0 Å². The van der Waals surface area contributed by atoms with E-state index in [4.69, 9.17) is 20.2 Å². The number of ether oxygens (including phenoxy) is 2. The number of aliphatic hydroxyl groups is 1. The standard InChI is InChI=1S/C30H40N4O4/c1-33(26-14-8-9-15-28(26)35)30(36)37-20-27(21-10-4-2-5-11-21)34-19-22-18-24(16-17-25(22)32-29(34)31)38-23-12-6-3-7-13-23/h3,6-7,12-13,16-18,21,26-28,35H,2,4-5,8-11,14-15,19-20H2,1H3,(H2,31,32)/t26?,27-,28?/m0/s1. The summed E-state index contributed by atoms with van der Waals surface area (Å²) in [7, 11) is 1.73. The lowest BCUT2D eigenvalue weighted by Gasteiger charge is -2.41. The van der Waals surface area contributed by atoms with E-state index in [0.29, 0.717) is 18.4 Å². The quantitative estimate of drug-likeness (QED) is 0.496. The molecule has 8 nitrogen and oxygen atoms in total. The number of hydrogen-bond donors (Lipinski definition) is 2. The fourth-order valence-electron chi connectivity index (χ4n) is 6.16. The summed E-state index contributed by atoms with van der Waals surface area (Å²) in [5.41, 5.74) is 8.39. The normalized spacial score (nSPS) is 22.7. The Morgan fingerprint density at radius 2 is 1.79 bits per heavy atom. The molecule has 2 saturated carbocycles. The summed E-state index contributed by atoms with van der Waals surface area (Å²) in [5, 5.41) is 10.4. The van der Waals surface area contributed by atoms with Crippen LogP contribution in [0, 0.1) is 5.92 Å². The SMILES string of the molecule is CN(C(=O)OC[C@@H](C1CCCCC1)N1Cc2cc(Oc3ccccc3)ccc2N=C1N)C1CCCCC1O. The second-order valence-corrected chi connectivity index (χ2v) is 10.9. The molecule has 0 radical (unpaired) electrons. The van der Waals surface area contributed by atoms with Crippen LogP contribution in [0.4, 0.5) is 10.5 Å². The van der Waals surface area contributed by atoms with E-state index in [1.807, 2.05) is 48.5 Å². The molecule has 5 rings (SSSR count). The summed E-state index contributed by atoms with van der Waals surface area (Å²) in [6.45, 7) is 0.814. The van der Waals surface area contributed by atoms with Crippen molar-refractivity contribution in [1.82, 2.24) is 9.80 Å². The molecule has 0 spiro atoms. The lowest BCUT2D eigenvalue weighted by atomic mass is 9.83. The maximum Gasteiger partial charge on any atom is 0.409 e. The maximum atomic E-state index is 13.1. The summed E-state index contributed by atoms with van der Waals surface area (Å²) < 4.78 is 12.0. The van der Waals surface area contributed by atoms with E-state index >= 15 is 0 Å². The zero-order valence-corrected chi connectivity index (χ0v) is 22.3. The van der Waals surface area contributed by atoms with Gasteiger partial charge in [-0.25, -0.2) is 9.79 Å². The molecule has 1 aliphatic heterocycles. The highest BCUT2D eigenvalue weighted by Crippen LogP contribution is 2.36. The van der Waals surface area contributed by atoms with Crippen molar-refractivity contribution in [1.29, 1.82) is 0 Å². The number of hydrogen-bond acceptors (Lipinski definition) is 7. The second-order valence-electron chi connectivity index (χ2n) is 10.9. The third kappa shape index (κ3) is 6.07. The molecule has 2 aromatic rings. The molecule has 38 heavy (non-hydrogen) atoms. The predicted molar refractivity (Wildman–Crippen MR) is 148 cm³/mol. The van der Waals surface area contributed by atoms with Gasteiger partial charge in [-0.1, -0.05) is 50.3 Å². The number of para-hydroxylation sites is 1. The molecule has 2 fully saturated rings. The van der Waals surface area contributed by atoms with Crippen LogP contribution in [0.5, 0.6) is 11.5 Å². The Kier molecular flexibility index (Phi) is 8.37. The Hall–Kier alpha value is -3.26. The van der Waals surface area contributed by atoms with E-state index in [0.717, 1.165) is 61.3 Å². The van der Waals surface area contributed by atoms with Crippen molar-refractivity contribution in [3.05, 3.63) is 54.1 Å². The van der Waals surface area contributed by atoms with Crippen LogP contribution in [0.1, 0.15) is 63.4 Å². The van der Waals surface area contributed by atoms with E-state index in [2.05, 4.69) is 4.90 Å². The van der Waals surface area contributed by atoms with E-state index < -0.39 is 6.10 Å². The zero-order valence-electron chi connectivity index (χ0n) is 22.3. The number of nitrogens with two attached hydrogens (primary N) is 1. The van der Waals surface area contributed by atoms with Gasteiger partial charge in [0.1, 0.15) is 18.1 Å². The summed E-state index contributed by atoms with van der Waals surface area (Å²) >= 11 is 0. The first-order valence-corrected chi connectivity index (χ1v) is 14.0. The molecule has 0 aromatic heterocycles. The first kappa shape index (κ1) is 26.4. The van der Waals surface area contributed by atoms with Crippen LogP contribution in [0.2, 0.25) is 0 Å². The monoisotopic (exact) mass is 520 g/mol. The largest absolute Gasteiger partial charge is 0.457 e. The van der Waals surface area contributed by atoms with Crippen LogP contribution in [-0.2, 0) is 11.3 Å². The van der Waals surface area contributed by atoms with Gasteiger partial charge >= 0.3 is 6.09 Å². The van der Waals surface area contributed by atoms with Crippen molar-refractivity contribution >= 4 is 17.7 Å². The van der Waals surface area contributed by atoms with Crippen molar-refractivity contribution in [2.45, 2.75) is 82.5 Å². The van der Waals surface area contributed by atoms with Crippen molar-refractivity contribution in [3.8, 4) is 11.5 Å². The van der Waals surface area contributed by atoms with E-state index in [1.165, 1.54) is 19.3 Å². The van der Waals surface area contributed by atoms with E-state index in [1.54, 1.807) is 11.9 Å². The van der Waals surface area contributed by atoms with Gasteiger partial charge in [0.05, 0.1) is 23.9 Å². The number of guanidine groups is 1. The number of amides is 1. The van der Waals surface area contributed by atoms with Gasteiger partial charge in [-0.3, -0.25) is 0 Å². The highest BCUT2D eigenvalue weighted by atomic mass is 16.6. The second kappa shape index (κ2) is 12.1. The minimum Gasteiger partial charge on any atom is -0.457 e. The molecule has 3 aliphatic rings. The Morgan fingerprint density at radius 1 is 1.05 bits per heavy atom. The van der Waals surface area contributed by atoms with Gasteiger partial charge in [-0.05, 0) is 61.9 Å². The molecule has 0 bridgehead atoms. The smallest absolute Gasteiger partial charge is 0.409 e. The summed E-state index contributed by atoms with van der Waals surface area (Å²) in [6.07, 6.45) is 8.38. The fraction of sp³-hybridized carbons (Fsp3) is 0.533. The molecule has 3 atom stereocenters. The molecule has 2 aliphatic carbocycles. The number of rotatable bonds is 7. The van der Waals surface area contributed by atoms with Gasteiger partial charge in [0.15, 0.2) is 5.96 Å². The van der Waals surface area contributed by atoms with Gasteiger partial charge in [0, 0.05) is 19.2 Å². The van der Waals surface area contributed by atoms with Gasteiger partial charge in [-0.2, -0.15) is 0 Å². The number of nitrogens with zero attached hydrogens (tertiary/aromatic N) is 3. The number of carbonyl (C=O) groups excluding carboxylic acids is 1. The minimum absolute atomic E-state index is 0.0699. The first-order valence-electron chi connectivity index (χ1n) is 14.0. The molecule has 1 amide bonds. The van der Waals surface area contributed by atoms with Gasteiger partial charge < -0.3 is 30.1 Å². The Labute approximate surface area is 225 Å². The minimum atomic E-state index is -0.496. The maximum absolute atomic E-state index is 13.1. The van der Waals surface area contributed by atoms with Crippen LogP contribution < -0.4 is 10.5 Å². The summed E-state index contributed by atoms with van der Waals surface area (Å²) in [4.78, 5) is 21.5. The highest BCUT2D eigenvalue weighted by molar-refractivity contribution is 5.84. The van der Waals surface area contributed by atoms with Crippen LogP contribution >= 0.6 is 0 Å². The molecule has 0 saturated heterocycles. The fourth-order valence-corrected chi connectivity index (χ4v) is 6.16. The summed E-state index contributed by atoms with van der Waals surface area (Å²) in [5.74, 6) is 2.35. The first-order chi connectivity index (χ1) is 18.5. The average Bonchev–Trinajstić information content (AvgIpc) is 2.94. The van der Waals surface area contributed by atoms with Crippen LogP contribution in [0.25, 0.3) is 0 Å². The number of fused-ring (bicyclic) bond motifs is 1. The van der Waals surface area contributed by atoms with Crippen LogP contribution in [0.3, 0.4) is 0 Å². The number of benzene rings is 2. The van der Waals surface area contributed by atoms with Crippen LogP contribution in [-0.4, -0.2) is 58.8 Å². The number of carbonyl (C=O) groups is 1. The topological polar surface area (TPSA) is 101 Å².